The highest BCUT2D eigenvalue weighted by atomic mass is 32.1. The Labute approximate surface area is 150 Å². The van der Waals surface area contributed by atoms with Gasteiger partial charge in [0, 0.05) is 10.9 Å². The van der Waals surface area contributed by atoms with Crippen LogP contribution in [-0.4, -0.2) is 16.3 Å². The standard InChI is InChI=1S/C18H21FO3S2/c19-16-11-14(22-12-15-6-4-10-24-15)9-8-13(16)5-2-1-3-7-17(23)18(20)21/h4,6,8-11,17,23H,1-3,5,7,12H2,(H,20,21). The zero-order valence-electron chi connectivity index (χ0n) is 13.3. The number of ether oxygens (including phenoxy) is 1. The van der Waals surface area contributed by atoms with Gasteiger partial charge in [-0.25, -0.2) is 4.39 Å². The maximum absolute atomic E-state index is 14.1. The van der Waals surface area contributed by atoms with Crippen molar-refractivity contribution in [3.8, 4) is 5.75 Å². The molecule has 0 bridgehead atoms. The summed E-state index contributed by atoms with van der Waals surface area (Å²) >= 11 is 5.60. The zero-order valence-corrected chi connectivity index (χ0v) is 15.0. The Bertz CT molecular complexity index is 644. The fourth-order valence-corrected chi connectivity index (χ4v) is 3.12. The molecule has 0 aliphatic carbocycles. The van der Waals surface area contributed by atoms with Gasteiger partial charge in [-0.15, -0.1) is 11.3 Å². The van der Waals surface area contributed by atoms with Gasteiger partial charge in [0.1, 0.15) is 18.2 Å². The summed E-state index contributed by atoms with van der Waals surface area (Å²) in [6, 6.07) is 8.92. The number of thiol groups is 1. The number of hydrogen-bond acceptors (Lipinski definition) is 4. The number of aryl methyl sites for hydroxylation is 1. The first-order valence-electron chi connectivity index (χ1n) is 7.90. The number of thiophene rings is 1. The molecule has 6 heteroatoms. The van der Waals surface area contributed by atoms with Crippen molar-refractivity contribution < 1.29 is 19.0 Å². The number of halogens is 1. The van der Waals surface area contributed by atoms with Crippen LogP contribution in [-0.2, 0) is 17.8 Å². The molecule has 0 fully saturated rings. The SMILES string of the molecule is O=C(O)C(S)CCCCCc1ccc(OCc2cccs2)cc1F. The predicted molar refractivity (Wildman–Crippen MR) is 97.6 cm³/mol. The molecule has 0 radical (unpaired) electrons. The summed E-state index contributed by atoms with van der Waals surface area (Å²) in [5.74, 6) is -0.608. The molecule has 1 aromatic carbocycles. The highest BCUT2D eigenvalue weighted by molar-refractivity contribution is 7.81. The lowest BCUT2D eigenvalue weighted by Crippen LogP contribution is -2.12. The molecule has 1 aromatic heterocycles. The molecule has 0 amide bonds. The Balaban J connectivity index is 1.72. The molecular weight excluding hydrogens is 347 g/mol. The van der Waals surface area contributed by atoms with Gasteiger partial charge in [-0.3, -0.25) is 4.79 Å². The minimum absolute atomic E-state index is 0.253. The van der Waals surface area contributed by atoms with Crippen molar-refractivity contribution in [2.45, 2.75) is 44.0 Å². The van der Waals surface area contributed by atoms with Crippen molar-refractivity contribution >= 4 is 29.9 Å². The molecule has 0 spiro atoms. The summed E-state index contributed by atoms with van der Waals surface area (Å²) in [5.41, 5.74) is 0.666. The highest BCUT2D eigenvalue weighted by Gasteiger charge is 2.11. The molecule has 1 N–H and O–H groups in total. The van der Waals surface area contributed by atoms with Crippen molar-refractivity contribution in [2.24, 2.45) is 0 Å². The Hall–Kier alpha value is -1.53. The molecule has 0 aliphatic rings. The Morgan fingerprint density at radius 2 is 2.12 bits per heavy atom. The van der Waals surface area contributed by atoms with Gasteiger partial charge >= 0.3 is 5.97 Å². The van der Waals surface area contributed by atoms with Gasteiger partial charge in [0.15, 0.2) is 0 Å². The van der Waals surface area contributed by atoms with Crippen LogP contribution in [0.2, 0.25) is 0 Å². The molecule has 130 valence electrons. The molecule has 2 aromatic rings. The molecule has 1 unspecified atom stereocenters. The summed E-state index contributed by atoms with van der Waals surface area (Å²) in [7, 11) is 0. The normalized spacial score (nSPS) is 12.1. The van der Waals surface area contributed by atoms with Crippen molar-refractivity contribution in [1.29, 1.82) is 0 Å². The van der Waals surface area contributed by atoms with Crippen molar-refractivity contribution in [3.05, 3.63) is 52.0 Å². The monoisotopic (exact) mass is 368 g/mol. The molecule has 0 saturated carbocycles. The van der Waals surface area contributed by atoms with Crippen LogP contribution in [0.15, 0.2) is 35.7 Å². The molecule has 0 saturated heterocycles. The molecule has 2 rings (SSSR count). The van der Waals surface area contributed by atoms with Crippen LogP contribution in [0.1, 0.15) is 36.1 Å². The zero-order chi connectivity index (χ0) is 17.4. The van der Waals surface area contributed by atoms with Crippen molar-refractivity contribution in [2.75, 3.05) is 0 Å². The maximum atomic E-state index is 14.1. The van der Waals surface area contributed by atoms with E-state index < -0.39 is 11.2 Å². The maximum Gasteiger partial charge on any atom is 0.316 e. The summed E-state index contributed by atoms with van der Waals surface area (Å²) in [4.78, 5) is 11.8. The quantitative estimate of drug-likeness (QED) is 0.461. The second-order valence-electron chi connectivity index (χ2n) is 5.57. The summed E-state index contributed by atoms with van der Waals surface area (Å²) < 4.78 is 19.7. The molecule has 24 heavy (non-hydrogen) atoms. The van der Waals surface area contributed by atoms with E-state index >= 15 is 0 Å². The Morgan fingerprint density at radius 3 is 2.79 bits per heavy atom. The lowest BCUT2D eigenvalue weighted by Gasteiger charge is -2.08. The smallest absolute Gasteiger partial charge is 0.316 e. The van der Waals surface area contributed by atoms with Crippen molar-refractivity contribution in [1.82, 2.24) is 0 Å². The van der Waals surface area contributed by atoms with E-state index in [0.717, 1.165) is 24.1 Å². The van der Waals surface area contributed by atoms with E-state index in [-0.39, 0.29) is 5.82 Å². The number of rotatable bonds is 10. The minimum atomic E-state index is -0.887. The van der Waals surface area contributed by atoms with E-state index in [1.165, 1.54) is 6.07 Å². The number of carboxylic acid groups (broad SMARTS) is 1. The van der Waals surface area contributed by atoms with Crippen LogP contribution in [0.25, 0.3) is 0 Å². The van der Waals surface area contributed by atoms with Crippen LogP contribution in [0, 0.1) is 5.82 Å². The van der Waals surface area contributed by atoms with Gasteiger partial charge in [-0.2, -0.15) is 12.6 Å². The summed E-state index contributed by atoms with van der Waals surface area (Å²) in [6.07, 6.45) is 3.65. The molecule has 1 heterocycles. The number of benzene rings is 1. The first kappa shape index (κ1) is 18.8. The Kier molecular flexibility index (Phi) is 7.59. The third kappa shape index (κ3) is 6.17. The van der Waals surface area contributed by atoms with Crippen molar-refractivity contribution in [3.63, 3.8) is 0 Å². The average molecular weight is 368 g/mol. The van der Waals surface area contributed by atoms with Gasteiger partial charge in [-0.1, -0.05) is 25.0 Å². The second-order valence-corrected chi connectivity index (χ2v) is 7.23. The predicted octanol–water partition coefficient (Wildman–Crippen LogP) is 4.95. The van der Waals surface area contributed by atoms with E-state index in [9.17, 15) is 9.18 Å². The number of hydrogen-bond donors (Lipinski definition) is 2. The summed E-state index contributed by atoms with van der Waals surface area (Å²) in [6.45, 7) is 0.449. The van der Waals surface area contributed by atoms with Gasteiger partial charge in [0.25, 0.3) is 0 Å². The molecular formula is C18H21FO3S2. The van der Waals surface area contributed by atoms with Gasteiger partial charge in [0.2, 0.25) is 0 Å². The fraction of sp³-hybridized carbons (Fsp3) is 0.389. The lowest BCUT2D eigenvalue weighted by atomic mass is 10.0. The van der Waals surface area contributed by atoms with Crippen LogP contribution < -0.4 is 4.74 Å². The van der Waals surface area contributed by atoms with E-state index in [1.807, 2.05) is 17.5 Å². The number of carbonyl (C=O) groups is 1. The van der Waals surface area contributed by atoms with Gasteiger partial charge in [0.05, 0.1) is 5.25 Å². The minimum Gasteiger partial charge on any atom is -0.488 e. The highest BCUT2D eigenvalue weighted by Crippen LogP contribution is 2.21. The first-order valence-corrected chi connectivity index (χ1v) is 9.30. The van der Waals surface area contributed by atoms with E-state index in [0.29, 0.717) is 30.8 Å². The number of aliphatic carboxylic acids is 1. The number of unbranched alkanes of at least 4 members (excludes halogenated alkanes) is 2. The molecule has 1 atom stereocenters. The van der Waals surface area contributed by atoms with Gasteiger partial charge < -0.3 is 9.84 Å². The van der Waals surface area contributed by atoms with E-state index in [4.69, 9.17) is 9.84 Å². The molecule has 3 nitrogen and oxygen atoms in total. The molecule has 0 aliphatic heterocycles. The van der Waals surface area contributed by atoms with E-state index in [1.54, 1.807) is 23.5 Å². The largest absolute Gasteiger partial charge is 0.488 e. The number of carboxylic acids is 1. The van der Waals surface area contributed by atoms with Gasteiger partial charge in [-0.05, 0) is 42.3 Å². The van der Waals surface area contributed by atoms with Crippen LogP contribution in [0.4, 0.5) is 4.39 Å². The first-order chi connectivity index (χ1) is 11.6. The lowest BCUT2D eigenvalue weighted by molar-refractivity contribution is -0.136. The second kappa shape index (κ2) is 9.69. The third-order valence-corrected chi connectivity index (χ3v) is 5.02. The topological polar surface area (TPSA) is 46.5 Å². The van der Waals surface area contributed by atoms with Crippen LogP contribution in [0.5, 0.6) is 5.75 Å². The fourth-order valence-electron chi connectivity index (χ4n) is 2.32. The third-order valence-electron chi connectivity index (χ3n) is 3.69. The summed E-state index contributed by atoms with van der Waals surface area (Å²) in [5, 5.41) is 10.1. The van der Waals surface area contributed by atoms with Crippen LogP contribution in [0.3, 0.4) is 0 Å². The Morgan fingerprint density at radius 1 is 1.29 bits per heavy atom. The average Bonchev–Trinajstić information content (AvgIpc) is 3.07. The van der Waals surface area contributed by atoms with Crippen LogP contribution >= 0.6 is 24.0 Å². The van der Waals surface area contributed by atoms with E-state index in [2.05, 4.69) is 12.6 Å².